The first-order valence-electron chi connectivity index (χ1n) is 4.50. The second-order valence-electron chi connectivity index (χ2n) is 3.35. The van der Waals surface area contributed by atoms with Crippen molar-refractivity contribution in [2.24, 2.45) is 10.9 Å². The Kier molecular flexibility index (Phi) is 2.63. The number of rotatable bonds is 2. The Bertz CT molecular complexity index is 340. The molecule has 74 valence electrons. The van der Waals surface area contributed by atoms with Crippen molar-refractivity contribution >= 4 is 17.6 Å². The van der Waals surface area contributed by atoms with Gasteiger partial charge in [0.15, 0.2) is 0 Å². The molecule has 0 aromatic heterocycles. The summed E-state index contributed by atoms with van der Waals surface area (Å²) in [4.78, 5) is 1.32. The van der Waals surface area contributed by atoms with Crippen LogP contribution in [-0.2, 0) is 6.42 Å². The maximum absolute atomic E-state index is 8.47. The van der Waals surface area contributed by atoms with Gasteiger partial charge in [0.05, 0.1) is 0 Å². The number of hydrogen-bond donors (Lipinski definition) is 2. The van der Waals surface area contributed by atoms with Gasteiger partial charge in [-0.25, -0.2) is 0 Å². The molecule has 3 nitrogen and oxygen atoms in total. The summed E-state index contributed by atoms with van der Waals surface area (Å²) < 4.78 is 0. The fourth-order valence-electron chi connectivity index (χ4n) is 1.64. The molecule has 1 aliphatic rings. The van der Waals surface area contributed by atoms with E-state index in [0.717, 1.165) is 6.42 Å². The highest BCUT2D eigenvalue weighted by Crippen LogP contribution is 2.38. The smallest absolute Gasteiger partial charge is 0.140 e. The van der Waals surface area contributed by atoms with Crippen LogP contribution in [0.3, 0.4) is 0 Å². The Morgan fingerprint density at radius 1 is 1.57 bits per heavy atom. The summed E-state index contributed by atoms with van der Waals surface area (Å²) in [5.74, 6) is 0.315. The second kappa shape index (κ2) is 3.92. The molecule has 1 atom stereocenters. The highest BCUT2D eigenvalue weighted by molar-refractivity contribution is 8.00. The third-order valence-corrected chi connectivity index (χ3v) is 3.60. The van der Waals surface area contributed by atoms with Gasteiger partial charge in [0.25, 0.3) is 0 Å². The second-order valence-corrected chi connectivity index (χ2v) is 4.69. The van der Waals surface area contributed by atoms with Gasteiger partial charge in [-0.15, -0.1) is 11.8 Å². The molecule has 14 heavy (non-hydrogen) atoms. The number of benzene rings is 1. The Morgan fingerprint density at radius 2 is 2.36 bits per heavy atom. The zero-order chi connectivity index (χ0) is 9.97. The lowest BCUT2D eigenvalue weighted by Gasteiger charge is -2.05. The van der Waals surface area contributed by atoms with Gasteiger partial charge in [0, 0.05) is 16.6 Å². The fraction of sp³-hybridized carbons (Fsp3) is 0.300. The van der Waals surface area contributed by atoms with E-state index in [1.807, 2.05) is 23.9 Å². The average molecular weight is 208 g/mol. The Morgan fingerprint density at radius 3 is 3.07 bits per heavy atom. The van der Waals surface area contributed by atoms with E-state index in [4.69, 9.17) is 10.9 Å². The van der Waals surface area contributed by atoms with E-state index in [0.29, 0.717) is 17.5 Å². The van der Waals surface area contributed by atoms with Crippen LogP contribution in [0.2, 0.25) is 0 Å². The molecule has 0 bridgehead atoms. The summed E-state index contributed by atoms with van der Waals surface area (Å²) in [6.07, 6.45) is 1.66. The quantitative estimate of drug-likeness (QED) is 0.337. The van der Waals surface area contributed by atoms with Crippen molar-refractivity contribution < 1.29 is 5.21 Å². The van der Waals surface area contributed by atoms with E-state index in [2.05, 4.69) is 17.3 Å². The lowest BCUT2D eigenvalue weighted by atomic mass is 10.1. The topological polar surface area (TPSA) is 58.6 Å². The van der Waals surface area contributed by atoms with Crippen molar-refractivity contribution in [3.63, 3.8) is 0 Å². The SMILES string of the molecule is NC(CC1Cc2ccccc2S1)=NO. The van der Waals surface area contributed by atoms with Gasteiger partial charge >= 0.3 is 0 Å². The first-order valence-corrected chi connectivity index (χ1v) is 5.38. The molecule has 1 unspecified atom stereocenters. The van der Waals surface area contributed by atoms with Gasteiger partial charge in [-0.1, -0.05) is 23.4 Å². The molecule has 4 heteroatoms. The maximum atomic E-state index is 8.47. The number of thioether (sulfide) groups is 1. The third kappa shape index (κ3) is 1.85. The molecule has 2 rings (SSSR count). The molecule has 0 amide bonds. The van der Waals surface area contributed by atoms with E-state index >= 15 is 0 Å². The molecule has 0 spiro atoms. The van der Waals surface area contributed by atoms with E-state index in [1.54, 1.807) is 0 Å². The van der Waals surface area contributed by atoms with Gasteiger partial charge < -0.3 is 10.9 Å². The van der Waals surface area contributed by atoms with Crippen LogP contribution in [0.5, 0.6) is 0 Å². The predicted molar refractivity (Wildman–Crippen MR) is 57.8 cm³/mol. The van der Waals surface area contributed by atoms with E-state index in [1.165, 1.54) is 10.5 Å². The van der Waals surface area contributed by atoms with E-state index in [9.17, 15) is 0 Å². The normalized spacial score (nSPS) is 20.9. The highest BCUT2D eigenvalue weighted by atomic mass is 32.2. The van der Waals surface area contributed by atoms with Crippen LogP contribution < -0.4 is 5.73 Å². The van der Waals surface area contributed by atoms with E-state index < -0.39 is 0 Å². The molecule has 1 heterocycles. The molecular formula is C10H12N2OS. The van der Waals surface area contributed by atoms with Gasteiger partial charge in [-0.05, 0) is 18.1 Å². The van der Waals surface area contributed by atoms with Gasteiger partial charge in [-0.2, -0.15) is 0 Å². The number of nitrogens with two attached hydrogens (primary N) is 1. The molecule has 0 fully saturated rings. The summed E-state index contributed by atoms with van der Waals surface area (Å²) >= 11 is 1.81. The van der Waals surface area contributed by atoms with Crippen molar-refractivity contribution in [3.8, 4) is 0 Å². The molecule has 3 N–H and O–H groups in total. The summed E-state index contributed by atoms with van der Waals surface area (Å²) in [7, 11) is 0. The van der Waals surface area contributed by atoms with Crippen LogP contribution in [0.25, 0.3) is 0 Å². The molecule has 0 saturated carbocycles. The molecule has 1 aliphatic heterocycles. The minimum absolute atomic E-state index is 0.315. The van der Waals surface area contributed by atoms with E-state index in [-0.39, 0.29) is 0 Å². The standard InChI is InChI=1S/C10H12N2OS/c11-10(12-13)6-8-5-7-3-1-2-4-9(7)14-8/h1-4,8,13H,5-6H2,(H2,11,12). The van der Waals surface area contributed by atoms with Gasteiger partial charge in [0.2, 0.25) is 0 Å². The largest absolute Gasteiger partial charge is 0.409 e. The number of fused-ring (bicyclic) bond motifs is 1. The lowest BCUT2D eigenvalue weighted by Crippen LogP contribution is -2.18. The number of nitrogens with zero attached hydrogens (tertiary/aromatic N) is 1. The Labute approximate surface area is 87.0 Å². The van der Waals surface area contributed by atoms with Crippen molar-refractivity contribution in [1.29, 1.82) is 0 Å². The van der Waals surface area contributed by atoms with Crippen molar-refractivity contribution in [1.82, 2.24) is 0 Å². The van der Waals surface area contributed by atoms with Crippen LogP contribution >= 0.6 is 11.8 Å². The molecule has 0 saturated heterocycles. The van der Waals surface area contributed by atoms with Crippen molar-refractivity contribution in [2.75, 3.05) is 0 Å². The Hall–Kier alpha value is -1.16. The Balaban J connectivity index is 2.05. The fourth-order valence-corrected chi connectivity index (χ4v) is 2.98. The van der Waals surface area contributed by atoms with Crippen LogP contribution in [0.4, 0.5) is 0 Å². The lowest BCUT2D eigenvalue weighted by molar-refractivity contribution is 0.317. The van der Waals surface area contributed by atoms with Crippen LogP contribution in [-0.4, -0.2) is 16.3 Å². The minimum atomic E-state index is 0.315. The van der Waals surface area contributed by atoms with Crippen molar-refractivity contribution in [2.45, 2.75) is 23.0 Å². The monoisotopic (exact) mass is 208 g/mol. The highest BCUT2D eigenvalue weighted by Gasteiger charge is 2.22. The predicted octanol–water partition coefficient (Wildman–Crippen LogP) is 1.84. The first kappa shape index (κ1) is 9.40. The summed E-state index contributed by atoms with van der Waals surface area (Å²) in [5, 5.41) is 11.9. The number of oxime groups is 1. The molecular weight excluding hydrogens is 196 g/mol. The summed E-state index contributed by atoms with van der Waals surface area (Å²) in [6.45, 7) is 0. The van der Waals surface area contributed by atoms with Crippen LogP contribution in [0.1, 0.15) is 12.0 Å². The first-order chi connectivity index (χ1) is 6.79. The molecule has 0 radical (unpaired) electrons. The van der Waals surface area contributed by atoms with Crippen LogP contribution in [0.15, 0.2) is 34.3 Å². The average Bonchev–Trinajstić information content (AvgIpc) is 2.59. The number of hydrogen-bond acceptors (Lipinski definition) is 3. The molecule has 1 aromatic carbocycles. The molecule has 0 aliphatic carbocycles. The van der Waals surface area contributed by atoms with Crippen LogP contribution in [0, 0.1) is 0 Å². The van der Waals surface area contributed by atoms with Gasteiger partial charge in [0.1, 0.15) is 5.84 Å². The molecule has 1 aromatic rings. The third-order valence-electron chi connectivity index (χ3n) is 2.28. The zero-order valence-electron chi connectivity index (χ0n) is 7.68. The van der Waals surface area contributed by atoms with Crippen molar-refractivity contribution in [3.05, 3.63) is 29.8 Å². The summed E-state index contributed by atoms with van der Waals surface area (Å²) in [6, 6.07) is 8.34. The minimum Gasteiger partial charge on any atom is -0.409 e. The maximum Gasteiger partial charge on any atom is 0.140 e. The van der Waals surface area contributed by atoms with Gasteiger partial charge in [-0.3, -0.25) is 0 Å². The zero-order valence-corrected chi connectivity index (χ0v) is 8.50. The number of amidine groups is 1. The summed E-state index contributed by atoms with van der Waals surface area (Å²) in [5.41, 5.74) is 6.84.